The van der Waals surface area contributed by atoms with Gasteiger partial charge in [-0.3, -0.25) is 0 Å². The standard InChI is InChI=1S/C19H13F4N3/c20-12-3-4-15(22)14(7-12)19-24-17-5-6-26(10-18(17)25-19)9-11-1-2-13(21)8-16(11)23/h1-8H,9-10H2,(H,24,25). The lowest BCUT2D eigenvalue weighted by Gasteiger charge is -2.23. The number of benzene rings is 2. The summed E-state index contributed by atoms with van der Waals surface area (Å²) in [5, 5.41) is 0. The van der Waals surface area contributed by atoms with Crippen molar-refractivity contribution in [3.63, 3.8) is 0 Å². The van der Waals surface area contributed by atoms with E-state index in [1.54, 1.807) is 17.2 Å². The summed E-state index contributed by atoms with van der Waals surface area (Å²) in [6.07, 6.45) is 3.48. The molecule has 7 heteroatoms. The van der Waals surface area contributed by atoms with Crippen LogP contribution in [0.15, 0.2) is 42.6 Å². The molecule has 1 aliphatic heterocycles. The number of hydrogen-bond donors (Lipinski definition) is 1. The fourth-order valence-electron chi connectivity index (χ4n) is 2.89. The third kappa shape index (κ3) is 3.08. The molecule has 2 heterocycles. The molecule has 0 saturated heterocycles. The molecule has 0 unspecified atom stereocenters. The first kappa shape index (κ1) is 16.4. The summed E-state index contributed by atoms with van der Waals surface area (Å²) in [5.74, 6) is -2.15. The van der Waals surface area contributed by atoms with Gasteiger partial charge < -0.3 is 9.88 Å². The highest BCUT2D eigenvalue weighted by molar-refractivity contribution is 5.61. The maximum Gasteiger partial charge on any atom is 0.141 e. The Morgan fingerprint density at radius 1 is 0.962 bits per heavy atom. The number of hydrogen-bond acceptors (Lipinski definition) is 2. The van der Waals surface area contributed by atoms with Gasteiger partial charge in [0.15, 0.2) is 0 Å². The van der Waals surface area contributed by atoms with Crippen molar-refractivity contribution in [1.29, 1.82) is 0 Å². The van der Waals surface area contributed by atoms with Crippen molar-refractivity contribution in [1.82, 2.24) is 14.9 Å². The van der Waals surface area contributed by atoms with E-state index >= 15 is 0 Å². The van der Waals surface area contributed by atoms with E-state index in [4.69, 9.17) is 0 Å². The predicted octanol–water partition coefficient (Wildman–Crippen LogP) is 4.62. The van der Waals surface area contributed by atoms with E-state index in [0.717, 1.165) is 24.3 Å². The summed E-state index contributed by atoms with van der Waals surface area (Å²) in [7, 11) is 0. The lowest BCUT2D eigenvalue weighted by atomic mass is 10.1. The van der Waals surface area contributed by atoms with E-state index < -0.39 is 23.3 Å². The predicted molar refractivity (Wildman–Crippen MR) is 88.6 cm³/mol. The highest BCUT2D eigenvalue weighted by Gasteiger charge is 2.19. The van der Waals surface area contributed by atoms with Crippen molar-refractivity contribution in [2.24, 2.45) is 0 Å². The van der Waals surface area contributed by atoms with Crippen LogP contribution in [-0.4, -0.2) is 14.9 Å². The molecule has 3 nitrogen and oxygen atoms in total. The van der Waals surface area contributed by atoms with Crippen LogP contribution in [0.1, 0.15) is 17.0 Å². The summed E-state index contributed by atoms with van der Waals surface area (Å²) < 4.78 is 54.2. The van der Waals surface area contributed by atoms with Gasteiger partial charge in [-0.25, -0.2) is 22.5 Å². The monoisotopic (exact) mass is 359 g/mol. The van der Waals surface area contributed by atoms with Gasteiger partial charge in [-0.05, 0) is 30.3 Å². The van der Waals surface area contributed by atoms with Gasteiger partial charge >= 0.3 is 0 Å². The molecule has 0 bridgehead atoms. The first-order chi connectivity index (χ1) is 12.5. The average molecular weight is 359 g/mol. The van der Waals surface area contributed by atoms with Gasteiger partial charge in [0.05, 0.1) is 23.5 Å². The zero-order chi connectivity index (χ0) is 18.3. The molecular weight excluding hydrogens is 346 g/mol. The molecule has 0 spiro atoms. The van der Waals surface area contributed by atoms with Crippen LogP contribution >= 0.6 is 0 Å². The van der Waals surface area contributed by atoms with Crippen molar-refractivity contribution in [3.05, 3.63) is 82.8 Å². The number of fused-ring (bicyclic) bond motifs is 1. The van der Waals surface area contributed by atoms with Crippen LogP contribution in [0.2, 0.25) is 0 Å². The Hall–Kier alpha value is -3.09. The zero-order valence-electron chi connectivity index (χ0n) is 13.4. The van der Waals surface area contributed by atoms with E-state index in [1.165, 1.54) is 12.1 Å². The first-order valence-corrected chi connectivity index (χ1v) is 7.90. The van der Waals surface area contributed by atoms with Crippen molar-refractivity contribution in [2.75, 3.05) is 0 Å². The van der Waals surface area contributed by atoms with Crippen LogP contribution in [0.3, 0.4) is 0 Å². The molecule has 2 aromatic carbocycles. The summed E-state index contributed by atoms with van der Waals surface area (Å²) in [5.41, 5.74) is 1.71. The molecule has 4 rings (SSSR count). The minimum Gasteiger partial charge on any atom is -0.367 e. The maximum absolute atomic E-state index is 13.9. The fourth-order valence-corrected chi connectivity index (χ4v) is 2.89. The van der Waals surface area contributed by atoms with Crippen LogP contribution in [0, 0.1) is 23.3 Å². The van der Waals surface area contributed by atoms with Gasteiger partial charge in [-0.2, -0.15) is 0 Å². The van der Waals surface area contributed by atoms with Gasteiger partial charge in [0.1, 0.15) is 29.1 Å². The lowest BCUT2D eigenvalue weighted by molar-refractivity contribution is 0.348. The van der Waals surface area contributed by atoms with Crippen LogP contribution in [-0.2, 0) is 13.1 Å². The Kier molecular flexibility index (Phi) is 3.99. The first-order valence-electron chi connectivity index (χ1n) is 7.90. The van der Waals surface area contributed by atoms with Crippen LogP contribution < -0.4 is 0 Å². The summed E-state index contributed by atoms with van der Waals surface area (Å²) in [6, 6.07) is 6.61. The largest absolute Gasteiger partial charge is 0.367 e. The fraction of sp³-hybridized carbons (Fsp3) is 0.105. The van der Waals surface area contributed by atoms with Crippen LogP contribution in [0.5, 0.6) is 0 Å². The maximum atomic E-state index is 13.9. The molecule has 3 aromatic rings. The third-order valence-electron chi connectivity index (χ3n) is 4.19. The Bertz CT molecular complexity index is 1010. The molecule has 1 aliphatic rings. The Morgan fingerprint density at radius 2 is 1.73 bits per heavy atom. The molecule has 1 N–H and O–H groups in total. The van der Waals surface area contributed by atoms with E-state index in [2.05, 4.69) is 9.97 Å². The van der Waals surface area contributed by atoms with Crippen LogP contribution in [0.4, 0.5) is 17.6 Å². The minimum absolute atomic E-state index is 0.0453. The average Bonchev–Trinajstić information content (AvgIpc) is 3.02. The highest BCUT2D eigenvalue weighted by Crippen LogP contribution is 2.26. The van der Waals surface area contributed by atoms with Gasteiger partial charge in [0.25, 0.3) is 0 Å². The number of aromatic amines is 1. The molecule has 26 heavy (non-hydrogen) atoms. The summed E-state index contributed by atoms with van der Waals surface area (Å²) >= 11 is 0. The minimum atomic E-state index is -0.628. The van der Waals surface area contributed by atoms with Gasteiger partial charge in [0, 0.05) is 24.4 Å². The van der Waals surface area contributed by atoms with Crippen LogP contribution in [0.25, 0.3) is 17.5 Å². The molecule has 0 aliphatic carbocycles. The van der Waals surface area contributed by atoms with Crippen molar-refractivity contribution < 1.29 is 17.6 Å². The van der Waals surface area contributed by atoms with Crippen molar-refractivity contribution in [3.8, 4) is 11.4 Å². The van der Waals surface area contributed by atoms with Crippen molar-refractivity contribution in [2.45, 2.75) is 13.1 Å². The molecule has 1 aromatic heterocycles. The molecular formula is C19H13F4N3. The highest BCUT2D eigenvalue weighted by atomic mass is 19.1. The number of nitrogens with one attached hydrogen (secondary N) is 1. The second-order valence-corrected chi connectivity index (χ2v) is 6.03. The Labute approximate surface area is 146 Å². The van der Waals surface area contributed by atoms with Gasteiger partial charge in [-0.1, -0.05) is 6.07 Å². The number of imidazole rings is 1. The van der Waals surface area contributed by atoms with Crippen molar-refractivity contribution >= 4 is 6.08 Å². The lowest BCUT2D eigenvalue weighted by Crippen LogP contribution is -2.20. The smallest absolute Gasteiger partial charge is 0.141 e. The Morgan fingerprint density at radius 3 is 2.54 bits per heavy atom. The number of aromatic nitrogens is 2. The number of H-pyrrole nitrogens is 1. The molecule has 0 saturated carbocycles. The SMILES string of the molecule is Fc1ccc(CN2C=Cc3[nH]c(-c4cc(F)ccc4F)nc3C2)c(F)c1. The quantitative estimate of drug-likeness (QED) is 0.692. The normalized spacial score (nSPS) is 13.2. The topological polar surface area (TPSA) is 31.9 Å². The van der Waals surface area contributed by atoms with E-state index in [9.17, 15) is 17.6 Å². The molecule has 0 atom stereocenters. The summed E-state index contributed by atoms with van der Waals surface area (Å²) in [4.78, 5) is 9.11. The zero-order valence-corrected chi connectivity index (χ0v) is 13.4. The summed E-state index contributed by atoms with van der Waals surface area (Å²) in [6.45, 7) is 0.592. The molecule has 0 fully saturated rings. The van der Waals surface area contributed by atoms with E-state index in [-0.39, 0.29) is 17.9 Å². The second kappa shape index (κ2) is 6.33. The molecule has 0 amide bonds. The molecule has 0 radical (unpaired) electrons. The van der Waals surface area contributed by atoms with E-state index in [0.29, 0.717) is 23.5 Å². The number of halogens is 4. The van der Waals surface area contributed by atoms with Gasteiger partial charge in [-0.15, -0.1) is 0 Å². The number of nitrogens with zero attached hydrogens (tertiary/aromatic N) is 2. The third-order valence-corrected chi connectivity index (χ3v) is 4.19. The second-order valence-electron chi connectivity index (χ2n) is 6.03. The number of rotatable bonds is 3. The molecule has 132 valence electrons. The van der Waals surface area contributed by atoms with Gasteiger partial charge in [0.2, 0.25) is 0 Å². The van der Waals surface area contributed by atoms with E-state index in [1.807, 2.05) is 0 Å². The Balaban J connectivity index is 1.58.